The second-order valence-electron chi connectivity index (χ2n) is 8.70. The van der Waals surface area contributed by atoms with Gasteiger partial charge in [0.05, 0.1) is 25.6 Å². The molecule has 2 amide bonds. The van der Waals surface area contributed by atoms with Gasteiger partial charge in [-0.15, -0.1) is 0 Å². The van der Waals surface area contributed by atoms with Crippen molar-refractivity contribution in [3.8, 4) is 11.5 Å². The number of nitrogens with one attached hydrogen (secondary N) is 2. The van der Waals surface area contributed by atoms with Crippen molar-refractivity contribution < 1.29 is 24.5 Å². The summed E-state index contributed by atoms with van der Waals surface area (Å²) >= 11 is 6.46. The van der Waals surface area contributed by atoms with E-state index in [0.717, 1.165) is 6.42 Å². The summed E-state index contributed by atoms with van der Waals surface area (Å²) in [6.45, 7) is 2.36. The van der Waals surface area contributed by atoms with Gasteiger partial charge in [-0.3, -0.25) is 9.59 Å². The highest BCUT2D eigenvalue weighted by Gasteiger charge is 2.27. The summed E-state index contributed by atoms with van der Waals surface area (Å²) in [5.41, 5.74) is 1.62. The van der Waals surface area contributed by atoms with E-state index in [1.54, 1.807) is 48.5 Å². The first-order valence-corrected chi connectivity index (χ1v) is 12.4. The Morgan fingerprint density at radius 1 is 1.14 bits per heavy atom. The van der Waals surface area contributed by atoms with Crippen LogP contribution in [0.1, 0.15) is 48.2 Å². The lowest BCUT2D eigenvalue weighted by Crippen LogP contribution is -2.37. The Morgan fingerprint density at radius 3 is 2.59 bits per heavy atom. The Balaban J connectivity index is 1.68. The van der Waals surface area contributed by atoms with Gasteiger partial charge >= 0.3 is 12.0 Å². The summed E-state index contributed by atoms with van der Waals surface area (Å²) < 4.78 is 7.22. The van der Waals surface area contributed by atoms with E-state index in [1.807, 2.05) is 6.92 Å². The minimum absolute atomic E-state index is 0.0956. The first kappa shape index (κ1) is 26.1. The van der Waals surface area contributed by atoms with E-state index in [0.29, 0.717) is 52.6 Å². The normalized spacial score (nSPS) is 13.0. The number of aromatic nitrogens is 1. The van der Waals surface area contributed by atoms with Crippen molar-refractivity contribution in [2.75, 3.05) is 11.9 Å². The Labute approximate surface area is 218 Å². The third kappa shape index (κ3) is 5.72. The highest BCUT2D eigenvalue weighted by Crippen LogP contribution is 2.35. The molecule has 0 saturated carbocycles. The van der Waals surface area contributed by atoms with E-state index in [-0.39, 0.29) is 24.4 Å². The van der Waals surface area contributed by atoms with Crippen LogP contribution in [-0.2, 0) is 24.2 Å². The van der Waals surface area contributed by atoms with E-state index in [9.17, 15) is 24.6 Å². The number of pyridine rings is 1. The number of aromatic hydroxyl groups is 1. The highest BCUT2D eigenvalue weighted by molar-refractivity contribution is 6.31. The molecule has 9 nitrogen and oxygen atoms in total. The molecule has 0 saturated heterocycles. The maximum absolute atomic E-state index is 13.6. The Kier molecular flexibility index (Phi) is 8.03. The molecule has 0 aliphatic heterocycles. The molecule has 0 radical (unpaired) electrons. The standard InChI is InChI=1S/C27H28ClN3O6/c1-2-37-22-13-7-11-19(28)18(22)15-31-21-12-6-10-17(21)25(34)24(26(31)35)30-27(36)29-20(14-23(32)33)16-8-4-3-5-9-16/h3-5,7-9,11,13,20,34H,2,6,10,12,14-15H2,1H3,(H,32,33)(H2,29,30,36)/t20-/m0/s1. The molecule has 37 heavy (non-hydrogen) atoms. The highest BCUT2D eigenvalue weighted by atomic mass is 35.5. The molecule has 1 aliphatic rings. The maximum Gasteiger partial charge on any atom is 0.319 e. The number of carbonyl (C=O) groups excluding carboxylic acids is 1. The molecule has 0 bridgehead atoms. The first-order valence-electron chi connectivity index (χ1n) is 12.0. The van der Waals surface area contributed by atoms with Gasteiger partial charge in [0.2, 0.25) is 0 Å². The van der Waals surface area contributed by atoms with Crippen LogP contribution in [0.2, 0.25) is 5.02 Å². The van der Waals surface area contributed by atoms with E-state index in [4.69, 9.17) is 16.3 Å². The van der Waals surface area contributed by atoms with Crippen molar-refractivity contribution >= 4 is 29.3 Å². The van der Waals surface area contributed by atoms with Crippen LogP contribution in [0.4, 0.5) is 10.5 Å². The summed E-state index contributed by atoms with van der Waals surface area (Å²) in [7, 11) is 0. The summed E-state index contributed by atoms with van der Waals surface area (Å²) in [4.78, 5) is 37.9. The molecule has 1 atom stereocenters. The van der Waals surface area contributed by atoms with Crippen molar-refractivity contribution in [1.82, 2.24) is 9.88 Å². The number of nitrogens with zero attached hydrogens (tertiary/aromatic N) is 1. The third-order valence-electron chi connectivity index (χ3n) is 6.31. The van der Waals surface area contributed by atoms with Gasteiger partial charge in [-0.1, -0.05) is 48.0 Å². The molecule has 10 heteroatoms. The minimum Gasteiger partial charge on any atom is -0.505 e. The van der Waals surface area contributed by atoms with E-state index >= 15 is 0 Å². The van der Waals surface area contributed by atoms with Crippen molar-refractivity contribution in [2.45, 2.75) is 45.2 Å². The zero-order chi connectivity index (χ0) is 26.5. The summed E-state index contributed by atoms with van der Waals surface area (Å²) in [6.07, 6.45) is 1.52. The fraction of sp³-hybridized carbons (Fsp3) is 0.296. The van der Waals surface area contributed by atoms with Crippen molar-refractivity contribution in [1.29, 1.82) is 0 Å². The Hall–Kier alpha value is -3.98. The number of hydrogen-bond donors (Lipinski definition) is 4. The molecule has 0 unspecified atom stereocenters. The number of carboxylic acid groups (broad SMARTS) is 1. The number of hydrogen-bond acceptors (Lipinski definition) is 5. The topological polar surface area (TPSA) is 130 Å². The summed E-state index contributed by atoms with van der Waals surface area (Å²) in [6, 6.07) is 12.3. The average Bonchev–Trinajstić information content (AvgIpc) is 3.36. The number of urea groups is 1. The molecule has 2 aromatic carbocycles. The van der Waals surface area contributed by atoms with Crippen LogP contribution >= 0.6 is 11.6 Å². The zero-order valence-electron chi connectivity index (χ0n) is 20.3. The Morgan fingerprint density at radius 2 is 1.89 bits per heavy atom. The van der Waals surface area contributed by atoms with Crippen molar-refractivity contribution in [3.05, 3.63) is 86.3 Å². The molecule has 194 valence electrons. The number of fused-ring (bicyclic) bond motifs is 1. The molecule has 1 aromatic heterocycles. The third-order valence-corrected chi connectivity index (χ3v) is 6.67. The smallest absolute Gasteiger partial charge is 0.319 e. The van der Waals surface area contributed by atoms with E-state index < -0.39 is 23.6 Å². The predicted octanol–water partition coefficient (Wildman–Crippen LogP) is 4.48. The number of ether oxygens (including phenoxy) is 1. The molecule has 4 N–H and O–H groups in total. The van der Waals surface area contributed by atoms with Gasteiger partial charge in [0.25, 0.3) is 5.56 Å². The van der Waals surface area contributed by atoms with Crippen molar-refractivity contribution in [2.24, 2.45) is 0 Å². The number of carboxylic acids is 1. The molecule has 1 heterocycles. The molecule has 0 fully saturated rings. The SMILES string of the molecule is CCOc1cccc(Cl)c1Cn1c2c(c(O)c(NC(=O)N[C@@H](CC(=O)O)c3ccccc3)c1=O)CCC2. The Bertz CT molecular complexity index is 1370. The van der Waals surface area contributed by atoms with Gasteiger partial charge in [0.15, 0.2) is 5.69 Å². The van der Waals surface area contributed by atoms with Gasteiger partial charge in [0, 0.05) is 21.8 Å². The van der Waals surface area contributed by atoms with Gasteiger partial charge in [-0.2, -0.15) is 0 Å². The maximum atomic E-state index is 13.6. The van der Waals surface area contributed by atoms with Crippen LogP contribution < -0.4 is 20.9 Å². The number of aliphatic carboxylic acids is 1. The minimum atomic E-state index is -1.10. The van der Waals surface area contributed by atoms with Crippen LogP contribution in [0.5, 0.6) is 11.5 Å². The second kappa shape index (κ2) is 11.4. The summed E-state index contributed by atoms with van der Waals surface area (Å²) in [5.74, 6) is -0.822. The van der Waals surface area contributed by atoms with E-state index in [1.165, 1.54) is 4.57 Å². The van der Waals surface area contributed by atoms with E-state index in [2.05, 4.69) is 10.6 Å². The number of carbonyl (C=O) groups is 2. The lowest BCUT2D eigenvalue weighted by molar-refractivity contribution is -0.137. The first-order chi connectivity index (χ1) is 17.8. The fourth-order valence-electron chi connectivity index (χ4n) is 4.63. The number of benzene rings is 2. The monoisotopic (exact) mass is 525 g/mol. The molecular formula is C27H28ClN3O6. The largest absolute Gasteiger partial charge is 0.505 e. The van der Waals surface area contributed by atoms with Gasteiger partial charge < -0.3 is 30.2 Å². The predicted molar refractivity (Wildman–Crippen MR) is 140 cm³/mol. The van der Waals surface area contributed by atoms with Crippen LogP contribution in [-0.4, -0.2) is 33.4 Å². The van der Waals surface area contributed by atoms with Crippen LogP contribution in [0.3, 0.4) is 0 Å². The summed E-state index contributed by atoms with van der Waals surface area (Å²) in [5, 5.41) is 25.7. The van der Waals surface area contributed by atoms with Gasteiger partial charge in [0.1, 0.15) is 11.5 Å². The van der Waals surface area contributed by atoms with Gasteiger partial charge in [-0.05, 0) is 43.9 Å². The number of rotatable bonds is 9. The fourth-order valence-corrected chi connectivity index (χ4v) is 4.86. The molecule has 0 spiro atoms. The van der Waals surface area contributed by atoms with Gasteiger partial charge in [-0.25, -0.2) is 4.79 Å². The van der Waals surface area contributed by atoms with Crippen molar-refractivity contribution in [3.63, 3.8) is 0 Å². The average molecular weight is 526 g/mol. The van der Waals surface area contributed by atoms with Crippen LogP contribution in [0, 0.1) is 0 Å². The lowest BCUT2D eigenvalue weighted by Gasteiger charge is -2.21. The lowest BCUT2D eigenvalue weighted by atomic mass is 10.0. The zero-order valence-corrected chi connectivity index (χ0v) is 21.0. The van der Waals surface area contributed by atoms with Crippen LogP contribution in [0.25, 0.3) is 0 Å². The number of amides is 2. The number of anilines is 1. The quantitative estimate of drug-likeness (QED) is 0.326. The molecular weight excluding hydrogens is 498 g/mol. The molecule has 4 rings (SSSR count). The second-order valence-corrected chi connectivity index (χ2v) is 9.11. The number of halogens is 1. The molecule has 1 aliphatic carbocycles. The van der Waals surface area contributed by atoms with Crippen LogP contribution in [0.15, 0.2) is 53.3 Å². The molecule has 3 aromatic rings.